The molecule has 0 unspecified atom stereocenters. The van der Waals surface area contributed by atoms with E-state index in [1.807, 2.05) is 42.5 Å². The van der Waals surface area contributed by atoms with Gasteiger partial charge in [0.15, 0.2) is 5.17 Å². The van der Waals surface area contributed by atoms with E-state index in [0.717, 1.165) is 20.1 Å². The average Bonchev–Trinajstić information content (AvgIpc) is 3.12. The van der Waals surface area contributed by atoms with Crippen molar-refractivity contribution >= 4 is 84.0 Å². The maximum Gasteiger partial charge on any atom is 0.337 e. The molecule has 0 aromatic heterocycles. The first-order chi connectivity index (χ1) is 17.2. The summed E-state index contributed by atoms with van der Waals surface area (Å²) in [6, 6.07) is 17.9. The van der Waals surface area contributed by atoms with Crippen LogP contribution in [0, 0.1) is 0 Å². The summed E-state index contributed by atoms with van der Waals surface area (Å²) in [4.78, 5) is 31.1. The van der Waals surface area contributed by atoms with Crippen molar-refractivity contribution in [2.75, 3.05) is 14.2 Å². The first kappa shape index (κ1) is 26.5. The van der Waals surface area contributed by atoms with Crippen molar-refractivity contribution in [2.24, 2.45) is 4.99 Å². The lowest BCUT2D eigenvalue weighted by Crippen LogP contribution is -2.23. The van der Waals surface area contributed by atoms with Gasteiger partial charge in [-0.1, -0.05) is 23.7 Å². The number of carbonyl (C=O) groups excluding carboxylic acids is 2. The van der Waals surface area contributed by atoms with Gasteiger partial charge in [0.1, 0.15) is 12.4 Å². The molecule has 10 heteroatoms. The van der Waals surface area contributed by atoms with E-state index in [0.29, 0.717) is 38.7 Å². The molecule has 1 heterocycles. The molecule has 0 N–H and O–H groups in total. The Morgan fingerprint density at radius 3 is 2.33 bits per heavy atom. The number of esters is 1. The number of aliphatic imine (C=N–C) groups is 1. The van der Waals surface area contributed by atoms with Crippen LogP contribution in [-0.4, -0.2) is 36.1 Å². The fraction of sp³-hybridized carbons (Fsp3) is 0.115. The number of methoxy groups -OCH3 is 1. The highest BCUT2D eigenvalue weighted by atomic mass is 79.9. The third-order valence-corrected chi connectivity index (χ3v) is 7.62. The summed E-state index contributed by atoms with van der Waals surface area (Å²) in [5, 5.41) is 1.21. The standard InChI is InChI=1S/C26H19Br2ClN2O4S/c1-31-24(32)22(36-26(31)30-19-9-5-17(6-10-19)25(33)34-2)13-16-11-20(27)23(21(28)12-16)35-14-15-3-7-18(29)8-4-15/h3-13H,14H2,1-2H3/b22-13-,30-26?. The van der Waals surface area contributed by atoms with Crippen molar-refractivity contribution in [1.82, 2.24) is 4.90 Å². The summed E-state index contributed by atoms with van der Waals surface area (Å²) in [6.07, 6.45) is 1.81. The number of ether oxygens (including phenoxy) is 2. The zero-order valence-electron chi connectivity index (χ0n) is 19.1. The number of carbonyl (C=O) groups is 2. The van der Waals surface area contributed by atoms with Gasteiger partial charge in [0, 0.05) is 12.1 Å². The number of hydrogen-bond acceptors (Lipinski definition) is 6. The van der Waals surface area contributed by atoms with Crippen molar-refractivity contribution in [3.63, 3.8) is 0 Å². The van der Waals surface area contributed by atoms with Gasteiger partial charge in [-0.2, -0.15) is 0 Å². The van der Waals surface area contributed by atoms with E-state index < -0.39 is 5.97 Å². The topological polar surface area (TPSA) is 68.2 Å². The van der Waals surface area contributed by atoms with Crippen molar-refractivity contribution in [1.29, 1.82) is 0 Å². The van der Waals surface area contributed by atoms with Crippen LogP contribution >= 0.6 is 55.2 Å². The van der Waals surface area contributed by atoms with Crippen LogP contribution in [0.3, 0.4) is 0 Å². The number of nitrogens with zero attached hydrogens (tertiary/aromatic N) is 2. The maximum absolute atomic E-state index is 12.8. The Bertz CT molecular complexity index is 1350. The Labute approximate surface area is 234 Å². The van der Waals surface area contributed by atoms with Crippen LogP contribution in [0.1, 0.15) is 21.5 Å². The molecule has 0 aliphatic carbocycles. The monoisotopic (exact) mass is 648 g/mol. The SMILES string of the molecule is COC(=O)c1ccc(N=C2S/C(=C\c3cc(Br)c(OCc4ccc(Cl)cc4)c(Br)c3)C(=O)N2C)cc1. The first-order valence-electron chi connectivity index (χ1n) is 10.6. The van der Waals surface area contributed by atoms with Crippen LogP contribution in [0.25, 0.3) is 6.08 Å². The molecule has 0 spiro atoms. The maximum atomic E-state index is 12.8. The van der Waals surface area contributed by atoms with Crippen molar-refractivity contribution in [3.05, 3.63) is 96.2 Å². The third-order valence-electron chi connectivity index (χ3n) is 5.13. The molecule has 3 aromatic rings. The van der Waals surface area contributed by atoms with Gasteiger partial charge in [-0.15, -0.1) is 0 Å². The molecule has 0 bridgehead atoms. The molecule has 6 nitrogen and oxygen atoms in total. The number of thioether (sulfide) groups is 1. The molecule has 0 atom stereocenters. The molecular weight excluding hydrogens is 632 g/mol. The van der Waals surface area contributed by atoms with Gasteiger partial charge in [0.05, 0.1) is 32.2 Å². The molecule has 184 valence electrons. The fourth-order valence-corrected chi connectivity index (χ4v) is 5.80. The number of rotatable bonds is 6. The highest BCUT2D eigenvalue weighted by molar-refractivity contribution is 9.11. The number of halogens is 3. The molecule has 1 saturated heterocycles. The van der Waals surface area contributed by atoms with E-state index in [4.69, 9.17) is 21.1 Å². The van der Waals surface area contributed by atoms with E-state index >= 15 is 0 Å². The van der Waals surface area contributed by atoms with Gasteiger partial charge < -0.3 is 9.47 Å². The molecule has 4 rings (SSSR count). The first-order valence-corrected chi connectivity index (χ1v) is 13.3. The molecule has 1 aliphatic heterocycles. The van der Waals surface area contributed by atoms with Crippen LogP contribution in [0.15, 0.2) is 79.5 Å². The second kappa shape index (κ2) is 11.6. The van der Waals surface area contributed by atoms with E-state index in [2.05, 4.69) is 36.9 Å². The van der Waals surface area contributed by atoms with Crippen molar-refractivity contribution in [3.8, 4) is 5.75 Å². The summed E-state index contributed by atoms with van der Waals surface area (Å²) < 4.78 is 12.2. The lowest BCUT2D eigenvalue weighted by atomic mass is 10.2. The molecule has 1 amide bonds. The summed E-state index contributed by atoms with van der Waals surface area (Å²) in [5.74, 6) is 0.0909. The number of likely N-dealkylation sites (N-methyl/N-ethyl adjacent to an activating group) is 1. The number of hydrogen-bond donors (Lipinski definition) is 0. The second-order valence-corrected chi connectivity index (χ2v) is 10.8. The Balaban J connectivity index is 1.51. The quantitative estimate of drug-likeness (QED) is 0.205. The zero-order valence-corrected chi connectivity index (χ0v) is 23.9. The fourth-order valence-electron chi connectivity index (χ4n) is 3.24. The Morgan fingerprint density at radius 1 is 1.08 bits per heavy atom. The Hall–Kier alpha value is -2.59. The predicted molar refractivity (Wildman–Crippen MR) is 151 cm³/mol. The zero-order chi connectivity index (χ0) is 25.8. The molecule has 0 saturated carbocycles. The van der Waals surface area contributed by atoms with Crippen LogP contribution in [0.5, 0.6) is 5.75 Å². The molecule has 1 aliphatic rings. The van der Waals surface area contributed by atoms with E-state index in [9.17, 15) is 9.59 Å². The normalized spacial score (nSPS) is 15.6. The Morgan fingerprint density at radius 2 is 1.72 bits per heavy atom. The minimum atomic E-state index is -0.416. The van der Waals surface area contributed by atoms with Crippen molar-refractivity contribution < 1.29 is 19.1 Å². The predicted octanol–water partition coefficient (Wildman–Crippen LogP) is 7.46. The number of benzene rings is 3. The summed E-state index contributed by atoms with van der Waals surface area (Å²) >= 11 is 14.4. The van der Waals surface area contributed by atoms with E-state index in [1.54, 1.807) is 31.3 Å². The summed E-state index contributed by atoms with van der Waals surface area (Å²) in [7, 11) is 3.01. The molecule has 3 aromatic carbocycles. The van der Waals surface area contributed by atoms with Crippen LogP contribution in [-0.2, 0) is 16.1 Å². The largest absolute Gasteiger partial charge is 0.487 e. The van der Waals surface area contributed by atoms with E-state index in [1.165, 1.54) is 23.8 Å². The van der Waals surface area contributed by atoms with Gasteiger partial charge in [0.2, 0.25) is 0 Å². The van der Waals surface area contributed by atoms with Crippen LogP contribution in [0.2, 0.25) is 5.02 Å². The van der Waals surface area contributed by atoms with Crippen molar-refractivity contribution in [2.45, 2.75) is 6.61 Å². The number of amides is 1. The minimum Gasteiger partial charge on any atom is -0.487 e. The van der Waals surface area contributed by atoms with Crippen LogP contribution < -0.4 is 4.74 Å². The van der Waals surface area contributed by atoms with E-state index in [-0.39, 0.29) is 5.91 Å². The molecule has 36 heavy (non-hydrogen) atoms. The summed E-state index contributed by atoms with van der Waals surface area (Å²) in [5.41, 5.74) is 2.87. The van der Waals surface area contributed by atoms with Gasteiger partial charge in [0.25, 0.3) is 5.91 Å². The van der Waals surface area contributed by atoms with Gasteiger partial charge in [-0.3, -0.25) is 9.69 Å². The molecule has 0 radical (unpaired) electrons. The number of amidine groups is 1. The average molecular weight is 651 g/mol. The lowest BCUT2D eigenvalue weighted by molar-refractivity contribution is -0.121. The minimum absolute atomic E-state index is 0.153. The van der Waals surface area contributed by atoms with Gasteiger partial charge in [-0.05, 0) is 109 Å². The Kier molecular flexibility index (Phi) is 8.56. The smallest absolute Gasteiger partial charge is 0.337 e. The van der Waals surface area contributed by atoms with Gasteiger partial charge >= 0.3 is 5.97 Å². The highest BCUT2D eigenvalue weighted by Gasteiger charge is 2.30. The van der Waals surface area contributed by atoms with Gasteiger partial charge in [-0.25, -0.2) is 9.79 Å². The highest BCUT2D eigenvalue weighted by Crippen LogP contribution is 2.38. The molecule has 1 fully saturated rings. The third kappa shape index (κ3) is 6.21. The van der Waals surface area contributed by atoms with Crippen LogP contribution in [0.4, 0.5) is 5.69 Å². The molecular formula is C26H19Br2ClN2O4S. The summed E-state index contributed by atoms with van der Waals surface area (Å²) in [6.45, 7) is 0.383. The lowest BCUT2D eigenvalue weighted by Gasteiger charge is -2.12. The second-order valence-electron chi connectivity index (χ2n) is 7.64.